The number of nitrogens with zero attached hydrogens (tertiary/aromatic N) is 4. The summed E-state index contributed by atoms with van der Waals surface area (Å²) in [6, 6.07) is 2.48. The number of fused-ring (bicyclic) bond motifs is 2. The van der Waals surface area contributed by atoms with Crippen LogP contribution in [0.1, 0.15) is 32.1 Å². The molecule has 1 aromatic rings. The van der Waals surface area contributed by atoms with E-state index in [9.17, 15) is 4.79 Å². The van der Waals surface area contributed by atoms with E-state index in [-0.39, 0.29) is 18.2 Å². The second-order valence-electron chi connectivity index (χ2n) is 6.45. The molecule has 1 amide bonds. The molecule has 3 aliphatic rings. The summed E-state index contributed by atoms with van der Waals surface area (Å²) in [5.41, 5.74) is -0.461. The average molecular weight is 306 g/mol. The molecule has 3 aliphatic heterocycles. The summed E-state index contributed by atoms with van der Waals surface area (Å²) in [6.07, 6.45) is 2.40. The highest BCUT2D eigenvalue weighted by Crippen LogP contribution is 2.36. The van der Waals surface area contributed by atoms with Gasteiger partial charge in [-0.15, -0.1) is 0 Å². The monoisotopic (exact) mass is 306 g/mol. The Bertz CT molecular complexity index is 589. The number of hydrogen-bond donors (Lipinski definition) is 0. The molecule has 0 saturated carbocycles. The number of carbonyl (C=O) groups excluding carboxylic acids is 1. The van der Waals surface area contributed by atoms with Gasteiger partial charge >= 0.3 is 6.09 Å². The number of nitriles is 1. The van der Waals surface area contributed by atoms with E-state index in [0.29, 0.717) is 4.88 Å². The summed E-state index contributed by atoms with van der Waals surface area (Å²) in [5.74, 6) is 0. The number of piperidine rings is 1. The van der Waals surface area contributed by atoms with Crippen molar-refractivity contribution in [3.05, 3.63) is 11.1 Å². The molecule has 112 valence electrons. The van der Waals surface area contributed by atoms with Crippen molar-refractivity contribution in [1.82, 2.24) is 9.88 Å². The van der Waals surface area contributed by atoms with Crippen molar-refractivity contribution in [2.75, 3.05) is 18.0 Å². The zero-order valence-electron chi connectivity index (χ0n) is 12.4. The lowest BCUT2D eigenvalue weighted by Gasteiger charge is -2.55. The third kappa shape index (κ3) is 2.68. The van der Waals surface area contributed by atoms with E-state index in [1.165, 1.54) is 11.3 Å². The summed E-state index contributed by atoms with van der Waals surface area (Å²) < 4.78 is 5.45. The van der Waals surface area contributed by atoms with E-state index < -0.39 is 5.60 Å². The molecule has 0 aliphatic carbocycles. The smallest absolute Gasteiger partial charge is 0.410 e. The maximum Gasteiger partial charge on any atom is 0.410 e. The lowest BCUT2D eigenvalue weighted by molar-refractivity contribution is -0.0379. The molecule has 0 N–H and O–H groups in total. The van der Waals surface area contributed by atoms with Crippen LogP contribution in [0, 0.1) is 11.3 Å². The Balaban J connectivity index is 1.64. The normalized spacial score (nSPS) is 24.3. The first-order valence-electron chi connectivity index (χ1n) is 6.99. The lowest BCUT2D eigenvalue weighted by Crippen LogP contribution is -2.70. The molecule has 0 aromatic carbocycles. The minimum atomic E-state index is -0.461. The van der Waals surface area contributed by atoms with Crippen molar-refractivity contribution in [2.24, 2.45) is 0 Å². The van der Waals surface area contributed by atoms with E-state index in [0.717, 1.165) is 24.6 Å². The van der Waals surface area contributed by atoms with Crippen molar-refractivity contribution in [3.63, 3.8) is 0 Å². The average Bonchev–Trinajstić information content (AvgIpc) is 2.85. The molecular formula is C14H18N4O2S. The van der Waals surface area contributed by atoms with E-state index in [1.54, 1.807) is 6.20 Å². The number of anilines is 1. The summed E-state index contributed by atoms with van der Waals surface area (Å²) >= 11 is 1.40. The van der Waals surface area contributed by atoms with Crippen LogP contribution in [-0.4, -0.2) is 46.8 Å². The van der Waals surface area contributed by atoms with Gasteiger partial charge in [-0.25, -0.2) is 9.78 Å². The van der Waals surface area contributed by atoms with Crippen LogP contribution in [0.2, 0.25) is 0 Å². The van der Waals surface area contributed by atoms with Crippen LogP contribution < -0.4 is 4.90 Å². The van der Waals surface area contributed by atoms with E-state index in [2.05, 4.69) is 16.0 Å². The van der Waals surface area contributed by atoms with Crippen molar-refractivity contribution < 1.29 is 9.53 Å². The Labute approximate surface area is 127 Å². The zero-order valence-corrected chi connectivity index (χ0v) is 13.2. The van der Waals surface area contributed by atoms with Crippen LogP contribution in [0.25, 0.3) is 0 Å². The number of carbonyl (C=O) groups is 1. The summed E-state index contributed by atoms with van der Waals surface area (Å²) in [6.45, 7) is 7.16. The second kappa shape index (κ2) is 4.88. The number of hydrogen-bond acceptors (Lipinski definition) is 6. The van der Waals surface area contributed by atoms with Gasteiger partial charge in [0.25, 0.3) is 0 Å². The molecule has 0 radical (unpaired) electrons. The minimum absolute atomic E-state index is 0.188. The van der Waals surface area contributed by atoms with Crippen molar-refractivity contribution in [1.29, 1.82) is 5.26 Å². The summed E-state index contributed by atoms with van der Waals surface area (Å²) in [4.78, 5) is 21.1. The Morgan fingerprint density at radius 2 is 2.14 bits per heavy atom. The molecule has 4 heterocycles. The molecule has 3 fully saturated rings. The van der Waals surface area contributed by atoms with Gasteiger partial charge in [0.05, 0.1) is 18.3 Å². The summed E-state index contributed by atoms with van der Waals surface area (Å²) in [5, 5.41) is 9.73. The molecule has 2 bridgehead atoms. The highest BCUT2D eigenvalue weighted by Gasteiger charge is 2.49. The van der Waals surface area contributed by atoms with Crippen molar-refractivity contribution in [3.8, 4) is 6.07 Å². The Hall–Kier alpha value is -1.81. The first-order chi connectivity index (χ1) is 9.87. The van der Waals surface area contributed by atoms with Crippen LogP contribution in [0.3, 0.4) is 0 Å². The molecule has 1 aromatic heterocycles. The third-order valence-corrected chi connectivity index (χ3v) is 4.63. The predicted molar refractivity (Wildman–Crippen MR) is 79.3 cm³/mol. The van der Waals surface area contributed by atoms with Crippen LogP contribution in [0.15, 0.2) is 6.20 Å². The molecule has 2 atom stereocenters. The van der Waals surface area contributed by atoms with E-state index in [4.69, 9.17) is 10.00 Å². The molecule has 21 heavy (non-hydrogen) atoms. The number of piperazine rings is 1. The van der Waals surface area contributed by atoms with Gasteiger partial charge in [0.1, 0.15) is 16.5 Å². The fourth-order valence-corrected chi connectivity index (χ4v) is 3.57. The van der Waals surface area contributed by atoms with Gasteiger partial charge in [-0.2, -0.15) is 5.26 Å². The highest BCUT2D eigenvalue weighted by molar-refractivity contribution is 7.16. The molecule has 0 spiro atoms. The number of rotatable bonds is 1. The fraction of sp³-hybridized carbons (Fsp3) is 0.643. The maximum absolute atomic E-state index is 12.2. The van der Waals surface area contributed by atoms with E-state index >= 15 is 0 Å². The third-order valence-electron chi connectivity index (χ3n) is 3.67. The van der Waals surface area contributed by atoms with Crippen LogP contribution >= 0.6 is 11.3 Å². The standard InChI is InChI=1S/C14H18N4O2S/c1-14(2,3)20-13(19)18-9-4-10(18)8-17(7-9)12-16-6-11(5-15)21-12/h6,9-10H,4,7-8H2,1-3H3/t9-,10+. The van der Waals surface area contributed by atoms with E-state index in [1.807, 2.05) is 25.7 Å². The second-order valence-corrected chi connectivity index (χ2v) is 7.46. The van der Waals surface area contributed by atoms with Gasteiger partial charge in [-0.3, -0.25) is 4.90 Å². The zero-order chi connectivity index (χ0) is 15.2. The molecule has 7 heteroatoms. The topological polar surface area (TPSA) is 69.5 Å². The molecule has 6 nitrogen and oxygen atoms in total. The quantitative estimate of drug-likeness (QED) is 0.795. The fourth-order valence-electron chi connectivity index (χ4n) is 2.84. The minimum Gasteiger partial charge on any atom is -0.444 e. The van der Waals surface area contributed by atoms with Crippen molar-refractivity contribution in [2.45, 2.75) is 44.9 Å². The largest absolute Gasteiger partial charge is 0.444 e. The van der Waals surface area contributed by atoms with Gasteiger partial charge < -0.3 is 9.64 Å². The van der Waals surface area contributed by atoms with Gasteiger partial charge in [-0.05, 0) is 27.2 Å². The van der Waals surface area contributed by atoms with Gasteiger partial charge in [0.15, 0.2) is 5.13 Å². The summed E-state index contributed by atoms with van der Waals surface area (Å²) in [7, 11) is 0. The van der Waals surface area contributed by atoms with Gasteiger partial charge in [0, 0.05) is 13.1 Å². The number of thiazole rings is 1. The first kappa shape index (κ1) is 14.1. The number of aromatic nitrogens is 1. The van der Waals surface area contributed by atoms with Gasteiger partial charge in [-0.1, -0.05) is 11.3 Å². The maximum atomic E-state index is 12.2. The number of amides is 1. The SMILES string of the molecule is CC(C)(C)OC(=O)N1[C@@H]2C[C@H]1CN(c1ncc(C#N)s1)C2. The Morgan fingerprint density at radius 1 is 1.48 bits per heavy atom. The molecular weight excluding hydrogens is 288 g/mol. The van der Waals surface area contributed by atoms with Crippen molar-refractivity contribution >= 4 is 22.6 Å². The van der Waals surface area contributed by atoms with Crippen LogP contribution in [-0.2, 0) is 4.74 Å². The van der Waals surface area contributed by atoms with Crippen LogP contribution in [0.4, 0.5) is 9.93 Å². The highest BCUT2D eigenvalue weighted by atomic mass is 32.1. The molecule has 3 saturated heterocycles. The Kier molecular flexibility index (Phi) is 3.29. The first-order valence-corrected chi connectivity index (χ1v) is 7.81. The lowest BCUT2D eigenvalue weighted by atomic mass is 9.88. The van der Waals surface area contributed by atoms with Crippen LogP contribution in [0.5, 0.6) is 0 Å². The Morgan fingerprint density at radius 3 is 2.67 bits per heavy atom. The molecule has 0 unspecified atom stereocenters. The predicted octanol–water partition coefficient (Wildman–Crippen LogP) is 2.21. The van der Waals surface area contributed by atoms with Gasteiger partial charge in [0.2, 0.25) is 0 Å². The number of ether oxygens (including phenoxy) is 1. The molecule has 4 rings (SSSR count).